The van der Waals surface area contributed by atoms with Crippen LogP contribution >= 0.6 is 0 Å². The molecule has 2 aliphatic rings. The number of nitrogens with zero attached hydrogens (tertiary/aromatic N) is 1. The summed E-state index contributed by atoms with van der Waals surface area (Å²) in [7, 11) is 0. The lowest BCUT2D eigenvalue weighted by atomic mass is 9.83. The van der Waals surface area contributed by atoms with Gasteiger partial charge in [0.2, 0.25) is 0 Å². The van der Waals surface area contributed by atoms with Crippen molar-refractivity contribution < 1.29 is 0 Å². The van der Waals surface area contributed by atoms with Gasteiger partial charge >= 0.3 is 0 Å². The average Bonchev–Trinajstić information content (AvgIpc) is 2.65. The van der Waals surface area contributed by atoms with E-state index in [0.29, 0.717) is 11.3 Å². The predicted molar refractivity (Wildman–Crippen MR) is 97.9 cm³/mol. The van der Waals surface area contributed by atoms with Crippen LogP contribution in [0.4, 0.5) is 0 Å². The maximum atomic E-state index is 2.77. The van der Waals surface area contributed by atoms with Crippen LogP contribution in [0, 0.1) is 11.3 Å². The first-order chi connectivity index (χ1) is 10.2. The lowest BCUT2D eigenvalue weighted by Gasteiger charge is -2.41. The zero-order chi connectivity index (χ0) is 16.5. The fourth-order valence-corrected chi connectivity index (χ4v) is 4.71. The van der Waals surface area contributed by atoms with E-state index in [1.165, 1.54) is 45.1 Å². The Labute approximate surface area is 138 Å². The van der Waals surface area contributed by atoms with Gasteiger partial charge in [-0.05, 0) is 68.4 Å². The molecule has 0 aromatic heterocycles. The Bertz CT molecular complexity index is 464. The second-order valence-corrected chi connectivity index (χ2v) is 8.95. The highest BCUT2D eigenvalue weighted by Gasteiger charge is 2.45. The van der Waals surface area contributed by atoms with Crippen LogP contribution < -0.4 is 0 Å². The highest BCUT2D eigenvalue weighted by atomic mass is 15.2. The van der Waals surface area contributed by atoms with Gasteiger partial charge in [0.25, 0.3) is 0 Å². The Morgan fingerprint density at radius 1 is 1.18 bits per heavy atom. The van der Waals surface area contributed by atoms with Crippen molar-refractivity contribution >= 4 is 0 Å². The van der Waals surface area contributed by atoms with Gasteiger partial charge in [0, 0.05) is 17.8 Å². The first kappa shape index (κ1) is 17.6. The maximum absolute atomic E-state index is 2.77. The summed E-state index contributed by atoms with van der Waals surface area (Å²) in [6, 6.07) is 0. The van der Waals surface area contributed by atoms with Crippen LogP contribution in [0.5, 0.6) is 0 Å². The van der Waals surface area contributed by atoms with Crippen molar-refractivity contribution in [3.8, 4) is 0 Å². The van der Waals surface area contributed by atoms with Crippen molar-refractivity contribution in [2.24, 2.45) is 11.3 Å². The Kier molecular flexibility index (Phi) is 5.14. The topological polar surface area (TPSA) is 3.24 Å². The van der Waals surface area contributed by atoms with Gasteiger partial charge in [-0.2, -0.15) is 0 Å². The molecule has 1 aliphatic carbocycles. The lowest BCUT2D eigenvalue weighted by molar-refractivity contribution is 0.223. The van der Waals surface area contributed by atoms with Gasteiger partial charge in [-0.25, -0.2) is 0 Å². The molecule has 1 heterocycles. The second kappa shape index (κ2) is 6.42. The molecule has 0 aromatic carbocycles. The molecule has 1 aliphatic heterocycles. The molecule has 0 radical (unpaired) electrons. The van der Waals surface area contributed by atoms with Gasteiger partial charge in [-0.15, -0.1) is 0 Å². The number of rotatable bonds is 5. The molecule has 0 bridgehead atoms. The molecule has 1 saturated heterocycles. The van der Waals surface area contributed by atoms with Crippen molar-refractivity contribution in [1.82, 2.24) is 4.90 Å². The minimum absolute atomic E-state index is 0.279. The third-order valence-electron chi connectivity index (χ3n) is 5.61. The standard InChI is InChI=1S/C21H37N/c1-8-11-17-12-10-13-18(16(3)9-2)19(17)22-15-20(4,5)14-21(22,6)7/h13,16H,8-12,14-15H2,1-7H3. The molecule has 2 rings (SSSR count). The highest BCUT2D eigenvalue weighted by molar-refractivity contribution is 5.41. The molecule has 1 atom stereocenters. The molecule has 0 amide bonds. The van der Waals surface area contributed by atoms with Crippen LogP contribution in [-0.4, -0.2) is 17.0 Å². The fourth-order valence-electron chi connectivity index (χ4n) is 4.71. The second-order valence-electron chi connectivity index (χ2n) is 8.95. The van der Waals surface area contributed by atoms with Crippen molar-refractivity contribution in [3.63, 3.8) is 0 Å². The molecule has 1 nitrogen and oxygen atoms in total. The quantitative estimate of drug-likeness (QED) is 0.574. The van der Waals surface area contributed by atoms with Gasteiger partial charge in [0.1, 0.15) is 0 Å². The molecular formula is C21H37N. The van der Waals surface area contributed by atoms with E-state index in [1.54, 1.807) is 16.8 Å². The molecule has 1 heteroatoms. The predicted octanol–water partition coefficient (Wildman–Crippen LogP) is 6.32. The first-order valence-corrected chi connectivity index (χ1v) is 9.42. The Morgan fingerprint density at radius 3 is 2.36 bits per heavy atom. The summed E-state index contributed by atoms with van der Waals surface area (Å²) in [6.07, 6.45) is 10.1. The van der Waals surface area contributed by atoms with Crippen LogP contribution in [-0.2, 0) is 0 Å². The van der Waals surface area contributed by atoms with Crippen LogP contribution in [0.1, 0.15) is 87.0 Å². The third kappa shape index (κ3) is 3.44. The molecule has 1 unspecified atom stereocenters. The van der Waals surface area contributed by atoms with E-state index in [9.17, 15) is 0 Å². The summed E-state index contributed by atoms with van der Waals surface area (Å²) >= 11 is 0. The SMILES string of the molecule is CCCC1=C(N2CC(C)(C)CC2(C)C)C(C(C)CC)=CCC1. The average molecular weight is 304 g/mol. The van der Waals surface area contributed by atoms with E-state index in [4.69, 9.17) is 0 Å². The number of hydrogen-bond acceptors (Lipinski definition) is 1. The molecule has 0 aromatic rings. The van der Waals surface area contributed by atoms with E-state index in [1.807, 2.05) is 0 Å². The molecule has 1 fully saturated rings. The highest BCUT2D eigenvalue weighted by Crippen LogP contribution is 2.47. The smallest absolute Gasteiger partial charge is 0.0394 e. The van der Waals surface area contributed by atoms with Crippen LogP contribution in [0.3, 0.4) is 0 Å². The number of likely N-dealkylation sites (tertiary alicyclic amines) is 1. The Balaban J connectivity index is 2.47. The summed E-state index contributed by atoms with van der Waals surface area (Å²) in [6.45, 7) is 18.0. The van der Waals surface area contributed by atoms with Gasteiger partial charge in [-0.1, -0.05) is 47.1 Å². The maximum Gasteiger partial charge on any atom is 0.0394 e. The van der Waals surface area contributed by atoms with Crippen LogP contribution in [0.25, 0.3) is 0 Å². The molecule has 0 saturated carbocycles. The molecule has 126 valence electrons. The van der Waals surface area contributed by atoms with Crippen LogP contribution in [0.15, 0.2) is 22.9 Å². The molecular weight excluding hydrogens is 266 g/mol. The third-order valence-corrected chi connectivity index (χ3v) is 5.61. The summed E-state index contributed by atoms with van der Waals surface area (Å²) in [5.74, 6) is 0.682. The van der Waals surface area contributed by atoms with Crippen molar-refractivity contribution in [3.05, 3.63) is 22.9 Å². The summed E-state index contributed by atoms with van der Waals surface area (Å²) < 4.78 is 0. The van der Waals surface area contributed by atoms with E-state index < -0.39 is 0 Å². The van der Waals surface area contributed by atoms with Crippen molar-refractivity contribution in [1.29, 1.82) is 0 Å². The lowest BCUT2D eigenvalue weighted by Crippen LogP contribution is -2.40. The molecule has 22 heavy (non-hydrogen) atoms. The zero-order valence-electron chi connectivity index (χ0n) is 16.1. The molecule has 0 spiro atoms. The van der Waals surface area contributed by atoms with Gasteiger partial charge < -0.3 is 4.90 Å². The monoisotopic (exact) mass is 303 g/mol. The summed E-state index contributed by atoms with van der Waals surface area (Å²) in [4.78, 5) is 2.77. The number of allylic oxidation sites excluding steroid dienone is 3. The summed E-state index contributed by atoms with van der Waals surface area (Å²) in [5, 5.41) is 0. The first-order valence-electron chi connectivity index (χ1n) is 9.42. The van der Waals surface area contributed by atoms with Gasteiger partial charge in [0.15, 0.2) is 0 Å². The minimum atomic E-state index is 0.279. The van der Waals surface area contributed by atoms with Gasteiger partial charge in [0.05, 0.1) is 0 Å². The van der Waals surface area contributed by atoms with E-state index >= 15 is 0 Å². The van der Waals surface area contributed by atoms with E-state index in [2.05, 4.69) is 59.4 Å². The Morgan fingerprint density at radius 2 is 1.86 bits per heavy atom. The zero-order valence-corrected chi connectivity index (χ0v) is 16.1. The van der Waals surface area contributed by atoms with E-state index in [-0.39, 0.29) is 5.54 Å². The Hall–Kier alpha value is -0.720. The minimum Gasteiger partial charge on any atom is -0.366 e. The summed E-state index contributed by atoms with van der Waals surface area (Å²) in [5.41, 5.74) is 5.71. The van der Waals surface area contributed by atoms with Crippen molar-refractivity contribution in [2.75, 3.05) is 6.54 Å². The largest absolute Gasteiger partial charge is 0.366 e. The number of hydrogen-bond donors (Lipinski definition) is 0. The van der Waals surface area contributed by atoms with Crippen molar-refractivity contribution in [2.45, 2.75) is 92.5 Å². The fraction of sp³-hybridized carbons (Fsp3) is 0.810. The van der Waals surface area contributed by atoms with E-state index in [0.717, 1.165) is 0 Å². The molecule has 0 N–H and O–H groups in total. The van der Waals surface area contributed by atoms with Gasteiger partial charge in [-0.3, -0.25) is 0 Å². The van der Waals surface area contributed by atoms with Crippen LogP contribution in [0.2, 0.25) is 0 Å². The normalized spacial score (nSPS) is 25.4.